The van der Waals surface area contributed by atoms with Crippen LogP contribution in [0.2, 0.25) is 0 Å². The van der Waals surface area contributed by atoms with E-state index in [-0.39, 0.29) is 6.10 Å². The highest BCUT2D eigenvalue weighted by atomic mass is 16.5. The molecule has 0 aliphatic rings. The minimum absolute atomic E-state index is 0.242. The van der Waals surface area contributed by atoms with Gasteiger partial charge in [-0.25, -0.2) is 0 Å². The maximum atomic E-state index is 9.23. The summed E-state index contributed by atoms with van der Waals surface area (Å²) >= 11 is 0. The first-order chi connectivity index (χ1) is 12.7. The summed E-state index contributed by atoms with van der Waals surface area (Å²) in [7, 11) is 1.68. The summed E-state index contributed by atoms with van der Waals surface area (Å²) in [6.07, 6.45) is 0.636. The molecule has 0 amide bonds. The molecule has 5 heteroatoms. The van der Waals surface area contributed by atoms with Crippen LogP contribution in [0.4, 0.5) is 0 Å². The summed E-state index contributed by atoms with van der Waals surface area (Å²) in [5, 5.41) is 13.6. The van der Waals surface area contributed by atoms with E-state index >= 15 is 0 Å². The van der Waals surface area contributed by atoms with Crippen molar-refractivity contribution in [2.24, 2.45) is 0 Å². The first kappa shape index (κ1) is 20.2. The zero-order valence-electron chi connectivity index (χ0n) is 15.9. The first-order valence-electron chi connectivity index (χ1n) is 9.34. The molecule has 2 aromatic carbocycles. The Hall–Kier alpha value is -2.08. The van der Waals surface area contributed by atoms with Crippen molar-refractivity contribution in [2.75, 3.05) is 33.4 Å². The molecule has 5 nitrogen and oxygen atoms in total. The second kappa shape index (κ2) is 11.5. The maximum absolute atomic E-state index is 9.23. The van der Waals surface area contributed by atoms with Gasteiger partial charge in [0.25, 0.3) is 0 Å². The highest BCUT2D eigenvalue weighted by Gasteiger charge is 2.07. The number of benzene rings is 2. The number of aliphatic hydroxyl groups is 1. The van der Waals surface area contributed by atoms with Gasteiger partial charge in [0, 0.05) is 12.0 Å². The van der Waals surface area contributed by atoms with Crippen molar-refractivity contribution in [3.8, 4) is 11.5 Å². The van der Waals surface area contributed by atoms with Crippen LogP contribution in [0.15, 0.2) is 48.5 Å². The van der Waals surface area contributed by atoms with Crippen LogP contribution in [0.25, 0.3) is 0 Å². The van der Waals surface area contributed by atoms with Crippen LogP contribution < -0.4 is 20.1 Å². The van der Waals surface area contributed by atoms with Crippen LogP contribution in [-0.4, -0.2) is 44.6 Å². The van der Waals surface area contributed by atoms with Crippen LogP contribution in [0, 0.1) is 0 Å². The predicted molar refractivity (Wildman–Crippen MR) is 102 cm³/mol. The molecule has 0 bridgehead atoms. The predicted octanol–water partition coefficient (Wildman–Crippen LogP) is 0.324. The lowest BCUT2D eigenvalue weighted by Crippen LogP contribution is -2.95. The van der Waals surface area contributed by atoms with Crippen molar-refractivity contribution in [3.63, 3.8) is 0 Å². The van der Waals surface area contributed by atoms with Gasteiger partial charge in [0.05, 0.1) is 19.8 Å². The smallest absolute Gasteiger partial charge is 0.161 e. The molecule has 0 aliphatic heterocycles. The molecule has 26 heavy (non-hydrogen) atoms. The average Bonchev–Trinajstić information content (AvgIpc) is 2.66. The average molecular weight is 360 g/mol. The van der Waals surface area contributed by atoms with Gasteiger partial charge in [0.2, 0.25) is 0 Å². The quantitative estimate of drug-likeness (QED) is 0.478. The lowest BCUT2D eigenvalue weighted by atomic mass is 10.1. The minimum Gasteiger partial charge on any atom is -0.493 e. The summed E-state index contributed by atoms with van der Waals surface area (Å²) in [5.41, 5.74) is 2.48. The number of ether oxygens (including phenoxy) is 2. The fourth-order valence-electron chi connectivity index (χ4n) is 2.75. The summed E-state index contributed by atoms with van der Waals surface area (Å²) in [5.74, 6) is 1.57. The molecular formula is C21H32N2O3+2. The third kappa shape index (κ3) is 7.44. The Morgan fingerprint density at radius 3 is 2.46 bits per heavy atom. The van der Waals surface area contributed by atoms with Gasteiger partial charge in [0.1, 0.15) is 26.2 Å². The fraction of sp³-hybridized carbons (Fsp3) is 0.429. The van der Waals surface area contributed by atoms with E-state index in [0.29, 0.717) is 6.61 Å². The Bertz CT molecular complexity index is 632. The number of hydrogen-bond acceptors (Lipinski definition) is 3. The lowest BCUT2D eigenvalue weighted by Gasteiger charge is -2.12. The van der Waals surface area contributed by atoms with Crippen LogP contribution in [0.1, 0.15) is 18.1 Å². The molecule has 0 radical (unpaired) electrons. The van der Waals surface area contributed by atoms with E-state index in [1.54, 1.807) is 7.11 Å². The van der Waals surface area contributed by atoms with Crippen molar-refractivity contribution in [1.82, 2.24) is 0 Å². The van der Waals surface area contributed by atoms with Gasteiger partial charge in [-0.1, -0.05) is 30.3 Å². The number of hydrogen-bond donors (Lipinski definition) is 3. The minimum atomic E-state index is -0.242. The summed E-state index contributed by atoms with van der Waals surface area (Å²) in [4.78, 5) is 0. The Labute approximate surface area is 156 Å². The van der Waals surface area contributed by atoms with Gasteiger partial charge in [-0.3, -0.25) is 0 Å². The van der Waals surface area contributed by atoms with E-state index in [0.717, 1.165) is 44.1 Å². The Morgan fingerprint density at radius 1 is 0.962 bits per heavy atom. The molecule has 0 unspecified atom stereocenters. The molecule has 0 saturated carbocycles. The Kier molecular flexibility index (Phi) is 8.96. The molecule has 5 N–H and O–H groups in total. The Balaban J connectivity index is 1.75. The molecule has 0 fully saturated rings. The van der Waals surface area contributed by atoms with Gasteiger partial charge in [-0.05, 0) is 30.7 Å². The van der Waals surface area contributed by atoms with Crippen LogP contribution in [0.5, 0.6) is 11.5 Å². The van der Waals surface area contributed by atoms with Crippen molar-refractivity contribution in [3.05, 3.63) is 59.7 Å². The van der Waals surface area contributed by atoms with Gasteiger partial charge in [0.15, 0.2) is 11.5 Å². The number of aliphatic hydroxyl groups excluding tert-OH is 1. The summed E-state index contributed by atoms with van der Waals surface area (Å²) < 4.78 is 11.4. The monoisotopic (exact) mass is 360 g/mol. The van der Waals surface area contributed by atoms with E-state index in [2.05, 4.69) is 28.8 Å². The highest BCUT2D eigenvalue weighted by Crippen LogP contribution is 2.27. The normalized spacial score (nSPS) is 12.0. The first-order valence-corrected chi connectivity index (χ1v) is 9.34. The van der Waals surface area contributed by atoms with Gasteiger partial charge < -0.3 is 25.2 Å². The van der Waals surface area contributed by atoms with E-state index in [4.69, 9.17) is 9.47 Å². The van der Waals surface area contributed by atoms with E-state index in [9.17, 15) is 5.11 Å². The molecule has 2 aromatic rings. The van der Waals surface area contributed by atoms with E-state index in [1.807, 2.05) is 37.3 Å². The molecule has 0 spiro atoms. The van der Waals surface area contributed by atoms with E-state index in [1.165, 1.54) is 11.1 Å². The third-order valence-corrected chi connectivity index (χ3v) is 4.18. The standard InChI is InChI=1S/C21H30N2O3/c1-17(24)15-22-11-12-23-16-19-8-9-20(21(14-19)25-2)26-13-10-18-6-4-3-5-7-18/h3-9,14,17,22-24H,10-13,15-16H2,1-2H3/p+2/t17-/m1/s1. The second-order valence-electron chi connectivity index (χ2n) is 6.51. The zero-order chi connectivity index (χ0) is 18.6. The molecule has 2 rings (SSSR count). The van der Waals surface area contributed by atoms with Crippen molar-refractivity contribution in [1.29, 1.82) is 0 Å². The van der Waals surface area contributed by atoms with Gasteiger partial charge >= 0.3 is 0 Å². The number of methoxy groups -OCH3 is 1. The van der Waals surface area contributed by atoms with E-state index < -0.39 is 0 Å². The zero-order valence-corrected chi connectivity index (χ0v) is 15.9. The molecule has 0 aliphatic carbocycles. The van der Waals surface area contributed by atoms with Crippen LogP contribution >= 0.6 is 0 Å². The molecule has 1 atom stereocenters. The van der Waals surface area contributed by atoms with Gasteiger partial charge in [-0.2, -0.15) is 0 Å². The number of rotatable bonds is 12. The molecule has 0 heterocycles. The lowest BCUT2D eigenvalue weighted by molar-refractivity contribution is -0.733. The topological polar surface area (TPSA) is 71.9 Å². The van der Waals surface area contributed by atoms with Crippen LogP contribution in [-0.2, 0) is 13.0 Å². The second-order valence-corrected chi connectivity index (χ2v) is 6.51. The summed E-state index contributed by atoms with van der Waals surface area (Å²) in [6.45, 7) is 6.13. The SMILES string of the molecule is COc1cc(C[NH2+]CC[NH2+]C[C@@H](C)O)ccc1OCCc1ccccc1. The molecule has 0 aromatic heterocycles. The Morgan fingerprint density at radius 2 is 1.73 bits per heavy atom. The molecule has 142 valence electrons. The third-order valence-electron chi connectivity index (χ3n) is 4.18. The number of nitrogens with two attached hydrogens (primary N) is 2. The largest absolute Gasteiger partial charge is 0.493 e. The fourth-order valence-corrected chi connectivity index (χ4v) is 2.75. The van der Waals surface area contributed by atoms with Gasteiger partial charge in [-0.15, -0.1) is 0 Å². The molecule has 0 saturated heterocycles. The van der Waals surface area contributed by atoms with Crippen molar-refractivity contribution in [2.45, 2.75) is 26.0 Å². The summed E-state index contributed by atoms with van der Waals surface area (Å²) in [6, 6.07) is 16.5. The van der Waals surface area contributed by atoms with Crippen molar-refractivity contribution >= 4 is 0 Å². The molecular weight excluding hydrogens is 328 g/mol. The number of quaternary nitrogens is 2. The van der Waals surface area contributed by atoms with Crippen LogP contribution in [0.3, 0.4) is 0 Å². The van der Waals surface area contributed by atoms with Crippen molar-refractivity contribution < 1.29 is 25.2 Å². The maximum Gasteiger partial charge on any atom is 0.161 e. The highest BCUT2D eigenvalue weighted by molar-refractivity contribution is 5.42.